The molecule has 5 heteroatoms. The molecule has 0 unspecified atom stereocenters. The van der Waals surface area contributed by atoms with E-state index in [1.54, 1.807) is 0 Å². The second-order valence-electron chi connectivity index (χ2n) is 1.59. The Labute approximate surface area is 58.0 Å². The van der Waals surface area contributed by atoms with Crippen molar-refractivity contribution in [1.29, 1.82) is 0 Å². The number of esters is 1. The molecular weight excluding hydrogens is 138 g/mol. The molecule has 10 heavy (non-hydrogen) atoms. The highest BCUT2D eigenvalue weighted by Crippen LogP contribution is 1.83. The summed E-state index contributed by atoms with van der Waals surface area (Å²) < 4.78 is 4.25. The van der Waals surface area contributed by atoms with Gasteiger partial charge in [-0.3, -0.25) is 9.59 Å². The maximum atomic E-state index is 10.1. The lowest BCUT2D eigenvalue weighted by atomic mass is 10.6. The average Bonchev–Trinajstić information content (AvgIpc) is 1.82. The Balaban J connectivity index is 3.33. The monoisotopic (exact) mass is 147 g/mol. The zero-order valence-electron chi connectivity index (χ0n) is 5.53. The van der Waals surface area contributed by atoms with Crippen LogP contribution in [-0.4, -0.2) is 30.3 Å². The molecule has 0 rings (SSSR count). The Morgan fingerprint density at radius 3 is 2.90 bits per heavy atom. The Bertz CT molecular complexity index is 125. The highest BCUT2D eigenvalue weighted by Gasteiger charge is 2.04. The second kappa shape index (κ2) is 4.75. The number of carbonyl (C=O) groups excluding carboxylic acids is 2. The summed E-state index contributed by atoms with van der Waals surface area (Å²) in [4.78, 5) is 19.8. The maximum absolute atomic E-state index is 10.1. The van der Waals surface area contributed by atoms with Gasteiger partial charge in [-0.25, -0.2) is 0 Å². The van der Waals surface area contributed by atoms with E-state index in [1.807, 2.05) is 0 Å². The summed E-state index contributed by atoms with van der Waals surface area (Å²) >= 11 is 0. The molecule has 0 saturated carbocycles. The molecule has 2 N–H and O–H groups in total. The first-order valence-electron chi connectivity index (χ1n) is 2.69. The van der Waals surface area contributed by atoms with Gasteiger partial charge in [-0.2, -0.15) is 0 Å². The van der Waals surface area contributed by atoms with E-state index >= 15 is 0 Å². The second-order valence-corrected chi connectivity index (χ2v) is 1.59. The Hall–Kier alpha value is -1.10. The molecule has 0 aromatic heterocycles. The van der Waals surface area contributed by atoms with Crippen LogP contribution in [0.25, 0.3) is 0 Å². The van der Waals surface area contributed by atoms with Gasteiger partial charge in [0.15, 0.2) is 0 Å². The fourth-order valence-electron chi connectivity index (χ4n) is 0.382. The van der Waals surface area contributed by atoms with Crippen molar-refractivity contribution in [2.24, 2.45) is 0 Å². The third kappa shape index (κ3) is 5.04. The summed E-state index contributed by atoms with van der Waals surface area (Å²) in [6.45, 7) is 1.09. The number of carbonyl (C=O) groups is 2. The van der Waals surface area contributed by atoms with Crippen LogP contribution in [-0.2, 0) is 14.3 Å². The minimum atomic E-state index is -1.25. The molecule has 0 saturated heterocycles. The molecule has 0 spiro atoms. The molecule has 5 nitrogen and oxygen atoms in total. The number of hydrogen-bond donors (Lipinski definition) is 2. The van der Waals surface area contributed by atoms with Crippen molar-refractivity contribution in [3.05, 3.63) is 0 Å². The van der Waals surface area contributed by atoms with Gasteiger partial charge in [0.05, 0.1) is 6.54 Å². The minimum absolute atomic E-state index is 0.0803. The molecule has 0 aromatic rings. The Morgan fingerprint density at radius 2 is 2.50 bits per heavy atom. The van der Waals surface area contributed by atoms with Crippen LogP contribution in [0, 0.1) is 0 Å². The first kappa shape index (κ1) is 8.90. The average molecular weight is 147 g/mol. The molecule has 0 heterocycles. The minimum Gasteiger partial charge on any atom is -0.434 e. The van der Waals surface area contributed by atoms with Crippen molar-refractivity contribution in [3.63, 3.8) is 0 Å². The van der Waals surface area contributed by atoms with Gasteiger partial charge < -0.3 is 15.2 Å². The third-order valence-corrected chi connectivity index (χ3v) is 0.678. The first-order valence-corrected chi connectivity index (χ1v) is 2.69. The number of aliphatic hydroxyl groups excluding tert-OH is 1. The van der Waals surface area contributed by atoms with Crippen LogP contribution in [0.2, 0.25) is 0 Å². The molecule has 1 atom stereocenters. The van der Waals surface area contributed by atoms with Gasteiger partial charge in [-0.1, -0.05) is 0 Å². The standard InChI is InChI=1S/C5H9NO4/c1-4(8)10-5(9)2-6-3-7/h3,5,9H,2H2,1H3,(H,6,7)/t5-/m1/s1. The maximum Gasteiger partial charge on any atom is 0.304 e. The van der Waals surface area contributed by atoms with Crippen molar-refractivity contribution >= 4 is 12.4 Å². The van der Waals surface area contributed by atoms with Crippen molar-refractivity contribution in [1.82, 2.24) is 5.32 Å². The highest BCUT2D eigenvalue weighted by molar-refractivity contribution is 5.66. The summed E-state index contributed by atoms with van der Waals surface area (Å²) in [5, 5.41) is 10.8. The van der Waals surface area contributed by atoms with E-state index in [0.29, 0.717) is 6.41 Å². The summed E-state index contributed by atoms with van der Waals surface area (Å²) in [5.41, 5.74) is 0. The van der Waals surface area contributed by atoms with E-state index in [-0.39, 0.29) is 6.54 Å². The van der Waals surface area contributed by atoms with E-state index < -0.39 is 12.3 Å². The number of rotatable bonds is 4. The van der Waals surface area contributed by atoms with Gasteiger partial charge in [0.2, 0.25) is 12.7 Å². The fourth-order valence-corrected chi connectivity index (χ4v) is 0.382. The number of ether oxygens (including phenoxy) is 1. The topological polar surface area (TPSA) is 75.6 Å². The van der Waals surface area contributed by atoms with E-state index in [1.165, 1.54) is 6.92 Å². The largest absolute Gasteiger partial charge is 0.434 e. The van der Waals surface area contributed by atoms with Crippen molar-refractivity contribution < 1.29 is 19.4 Å². The molecule has 1 amide bonds. The van der Waals surface area contributed by atoms with Gasteiger partial charge in [0.1, 0.15) is 0 Å². The van der Waals surface area contributed by atoms with E-state index in [9.17, 15) is 9.59 Å². The molecule has 0 bridgehead atoms. The van der Waals surface area contributed by atoms with E-state index in [0.717, 1.165) is 0 Å². The molecule has 0 radical (unpaired) electrons. The zero-order valence-corrected chi connectivity index (χ0v) is 5.53. The molecule has 58 valence electrons. The highest BCUT2D eigenvalue weighted by atomic mass is 16.6. The lowest BCUT2D eigenvalue weighted by molar-refractivity contribution is -0.164. The number of hydrogen-bond acceptors (Lipinski definition) is 4. The summed E-state index contributed by atoms with van der Waals surface area (Å²) in [6, 6.07) is 0. The number of aliphatic hydroxyl groups is 1. The zero-order chi connectivity index (χ0) is 7.98. The SMILES string of the molecule is CC(=O)O[C@@H](O)CNC=O. The smallest absolute Gasteiger partial charge is 0.304 e. The quantitative estimate of drug-likeness (QED) is 0.292. The van der Waals surface area contributed by atoms with Gasteiger partial charge in [-0.15, -0.1) is 0 Å². The summed E-state index contributed by atoms with van der Waals surface area (Å²) in [5.74, 6) is -0.583. The number of nitrogens with one attached hydrogen (secondary N) is 1. The lowest BCUT2D eigenvalue weighted by Gasteiger charge is -2.08. The summed E-state index contributed by atoms with van der Waals surface area (Å²) in [6.07, 6.45) is -0.838. The van der Waals surface area contributed by atoms with Crippen LogP contribution in [0.1, 0.15) is 6.92 Å². The molecule has 0 aliphatic heterocycles. The van der Waals surface area contributed by atoms with Crippen LogP contribution < -0.4 is 5.32 Å². The predicted octanol–water partition coefficient (Wildman–Crippen LogP) is -1.39. The molecule has 0 aromatic carbocycles. The predicted molar refractivity (Wildman–Crippen MR) is 31.8 cm³/mol. The lowest BCUT2D eigenvalue weighted by Crippen LogP contribution is -2.29. The van der Waals surface area contributed by atoms with Crippen molar-refractivity contribution in [3.8, 4) is 0 Å². The molecular formula is C5H9NO4. The van der Waals surface area contributed by atoms with Crippen molar-refractivity contribution in [2.45, 2.75) is 13.2 Å². The molecule has 0 aliphatic carbocycles. The number of amides is 1. The van der Waals surface area contributed by atoms with Gasteiger partial charge >= 0.3 is 5.97 Å². The molecule has 0 aliphatic rings. The first-order chi connectivity index (χ1) is 4.66. The normalized spacial score (nSPS) is 11.8. The van der Waals surface area contributed by atoms with Gasteiger partial charge in [0, 0.05) is 6.92 Å². The Morgan fingerprint density at radius 1 is 1.90 bits per heavy atom. The fraction of sp³-hybridized carbons (Fsp3) is 0.600. The molecule has 0 fully saturated rings. The van der Waals surface area contributed by atoms with Gasteiger partial charge in [0.25, 0.3) is 0 Å². The Kier molecular flexibility index (Phi) is 4.23. The van der Waals surface area contributed by atoms with E-state index in [4.69, 9.17) is 5.11 Å². The van der Waals surface area contributed by atoms with Crippen LogP contribution in [0.3, 0.4) is 0 Å². The van der Waals surface area contributed by atoms with E-state index in [2.05, 4.69) is 10.1 Å². The van der Waals surface area contributed by atoms with Crippen LogP contribution in [0.15, 0.2) is 0 Å². The van der Waals surface area contributed by atoms with Crippen LogP contribution >= 0.6 is 0 Å². The van der Waals surface area contributed by atoms with Crippen LogP contribution in [0.5, 0.6) is 0 Å². The third-order valence-electron chi connectivity index (χ3n) is 0.678. The van der Waals surface area contributed by atoms with Crippen molar-refractivity contribution in [2.75, 3.05) is 6.54 Å². The van der Waals surface area contributed by atoms with Gasteiger partial charge in [-0.05, 0) is 0 Å². The summed E-state index contributed by atoms with van der Waals surface area (Å²) in [7, 11) is 0. The van der Waals surface area contributed by atoms with Crippen LogP contribution in [0.4, 0.5) is 0 Å².